The summed E-state index contributed by atoms with van der Waals surface area (Å²) in [5.41, 5.74) is 0. The highest BCUT2D eigenvalue weighted by atomic mass is 32.2. The van der Waals surface area contributed by atoms with Crippen LogP contribution in [0.5, 0.6) is 5.75 Å². The molecule has 0 aliphatic carbocycles. The first-order chi connectivity index (χ1) is 10.6. The van der Waals surface area contributed by atoms with Crippen molar-refractivity contribution in [2.45, 2.75) is 49.0 Å². The van der Waals surface area contributed by atoms with Gasteiger partial charge in [-0.05, 0) is 37.8 Å². The average molecular weight is 322 g/mol. The van der Waals surface area contributed by atoms with E-state index in [0.29, 0.717) is 25.9 Å². The number of carbonyl (C=O) groups is 1. The number of ether oxygens (including phenoxy) is 1. The molecule has 0 N–H and O–H groups in total. The van der Waals surface area contributed by atoms with Gasteiger partial charge in [0.2, 0.25) is 0 Å². The lowest BCUT2D eigenvalue weighted by atomic mass is 9.86. The number of ketones is 1. The zero-order valence-electron chi connectivity index (χ0n) is 12.6. The van der Waals surface area contributed by atoms with Crippen molar-refractivity contribution in [2.75, 3.05) is 6.61 Å². The van der Waals surface area contributed by atoms with Crippen molar-refractivity contribution in [2.24, 2.45) is 5.92 Å². The van der Waals surface area contributed by atoms with Crippen LogP contribution in [0.1, 0.15) is 38.5 Å². The molecule has 2 heterocycles. The van der Waals surface area contributed by atoms with E-state index in [0.717, 1.165) is 25.0 Å². The van der Waals surface area contributed by atoms with E-state index in [1.54, 1.807) is 0 Å². The number of Topliss-reactive ketones (excluding diaryl/α,β-unsaturated/α-hetero) is 1. The summed E-state index contributed by atoms with van der Waals surface area (Å²) in [4.78, 5) is 12.4. The van der Waals surface area contributed by atoms with Crippen LogP contribution in [0.4, 0.5) is 0 Å². The van der Waals surface area contributed by atoms with Gasteiger partial charge < -0.3 is 4.74 Å². The van der Waals surface area contributed by atoms with E-state index < -0.39 is 9.84 Å². The largest absolute Gasteiger partial charge is 0.493 e. The molecule has 2 atom stereocenters. The SMILES string of the molecule is O=C(CCOc1ccccc1)C1CC2CCCC(C1)S2(=O)=O. The molecule has 2 fully saturated rings. The second-order valence-electron chi connectivity index (χ2n) is 6.31. The minimum absolute atomic E-state index is 0.0989. The van der Waals surface area contributed by atoms with Crippen LogP contribution >= 0.6 is 0 Å². The number of carbonyl (C=O) groups excluding carboxylic acids is 1. The highest BCUT2D eigenvalue weighted by Crippen LogP contribution is 2.39. The third kappa shape index (κ3) is 3.19. The summed E-state index contributed by atoms with van der Waals surface area (Å²) < 4.78 is 30.0. The second kappa shape index (κ2) is 6.41. The Balaban J connectivity index is 1.53. The summed E-state index contributed by atoms with van der Waals surface area (Å²) in [6.07, 6.45) is 3.82. The zero-order valence-corrected chi connectivity index (χ0v) is 13.4. The summed E-state index contributed by atoms with van der Waals surface area (Å²) in [7, 11) is -2.98. The molecule has 1 aromatic carbocycles. The molecule has 0 saturated carbocycles. The highest BCUT2D eigenvalue weighted by Gasteiger charge is 2.45. The Morgan fingerprint density at radius 3 is 2.36 bits per heavy atom. The van der Waals surface area contributed by atoms with Crippen LogP contribution in [-0.2, 0) is 14.6 Å². The summed E-state index contributed by atoms with van der Waals surface area (Å²) >= 11 is 0. The predicted molar refractivity (Wildman–Crippen MR) is 84.6 cm³/mol. The van der Waals surface area contributed by atoms with E-state index in [4.69, 9.17) is 4.74 Å². The standard InChI is InChI=1S/C17H22O4S/c18-17(9-10-21-14-5-2-1-3-6-14)13-11-15-7-4-8-16(12-13)22(15,19)20/h1-3,5-6,13,15-16H,4,7-12H2. The number of sulfone groups is 1. The lowest BCUT2D eigenvalue weighted by molar-refractivity contribution is -0.124. The lowest BCUT2D eigenvalue weighted by Gasteiger charge is -2.38. The summed E-state index contributed by atoms with van der Waals surface area (Å²) in [6, 6.07) is 9.43. The smallest absolute Gasteiger partial charge is 0.156 e. The Morgan fingerprint density at radius 1 is 1.09 bits per heavy atom. The summed E-state index contributed by atoms with van der Waals surface area (Å²) in [6.45, 7) is 0.363. The van der Waals surface area contributed by atoms with Gasteiger partial charge in [-0.25, -0.2) is 8.42 Å². The van der Waals surface area contributed by atoms with Crippen molar-refractivity contribution < 1.29 is 17.9 Å². The Hall–Kier alpha value is -1.36. The van der Waals surface area contributed by atoms with Gasteiger partial charge in [-0.3, -0.25) is 4.79 Å². The molecule has 120 valence electrons. The Bertz CT molecular complexity index is 603. The predicted octanol–water partition coefficient (Wildman–Crippen LogP) is 2.77. The Labute approximate surface area is 131 Å². The zero-order chi connectivity index (χ0) is 15.6. The fraction of sp³-hybridized carbons (Fsp3) is 0.588. The maximum Gasteiger partial charge on any atom is 0.156 e. The molecule has 22 heavy (non-hydrogen) atoms. The van der Waals surface area contributed by atoms with Gasteiger partial charge in [0.15, 0.2) is 9.84 Å². The van der Waals surface area contributed by atoms with Gasteiger partial charge in [0, 0.05) is 12.3 Å². The average Bonchev–Trinajstić information content (AvgIpc) is 2.47. The monoisotopic (exact) mass is 322 g/mol. The van der Waals surface area contributed by atoms with Crippen LogP contribution in [0.3, 0.4) is 0 Å². The molecule has 0 amide bonds. The number of fused-ring (bicyclic) bond motifs is 2. The maximum atomic E-state index is 12.4. The van der Waals surface area contributed by atoms with Crippen LogP contribution in [0.25, 0.3) is 0 Å². The number of hydrogen-bond acceptors (Lipinski definition) is 4. The molecule has 0 spiro atoms. The van der Waals surface area contributed by atoms with Gasteiger partial charge in [0.1, 0.15) is 11.5 Å². The Kier molecular flexibility index (Phi) is 4.52. The van der Waals surface area contributed by atoms with Crippen molar-refractivity contribution in [3.05, 3.63) is 30.3 Å². The van der Waals surface area contributed by atoms with Crippen molar-refractivity contribution in [1.82, 2.24) is 0 Å². The van der Waals surface area contributed by atoms with Gasteiger partial charge in [-0.1, -0.05) is 24.6 Å². The van der Waals surface area contributed by atoms with Crippen LogP contribution in [-0.4, -0.2) is 31.3 Å². The van der Waals surface area contributed by atoms with Gasteiger partial charge >= 0.3 is 0 Å². The first-order valence-electron chi connectivity index (χ1n) is 8.00. The number of para-hydroxylation sites is 1. The van der Waals surface area contributed by atoms with Crippen LogP contribution in [0.15, 0.2) is 30.3 Å². The van der Waals surface area contributed by atoms with Crippen LogP contribution < -0.4 is 4.74 Å². The van der Waals surface area contributed by atoms with Crippen LogP contribution in [0.2, 0.25) is 0 Å². The molecule has 2 saturated heterocycles. The van der Waals surface area contributed by atoms with Crippen molar-refractivity contribution >= 4 is 15.6 Å². The summed E-state index contributed by atoms with van der Waals surface area (Å²) in [5, 5.41) is -0.576. The maximum absolute atomic E-state index is 12.4. The van der Waals surface area contributed by atoms with Crippen LogP contribution in [0, 0.1) is 5.92 Å². The van der Waals surface area contributed by atoms with Gasteiger partial charge in [-0.2, -0.15) is 0 Å². The molecular formula is C17H22O4S. The van der Waals surface area contributed by atoms with E-state index in [2.05, 4.69) is 0 Å². The molecule has 5 heteroatoms. The van der Waals surface area contributed by atoms with E-state index in [1.807, 2.05) is 30.3 Å². The van der Waals surface area contributed by atoms with Gasteiger partial charge in [0.25, 0.3) is 0 Å². The first kappa shape index (κ1) is 15.5. The van der Waals surface area contributed by atoms with E-state index in [1.165, 1.54) is 0 Å². The molecule has 3 rings (SSSR count). The normalized spacial score (nSPS) is 29.7. The highest BCUT2D eigenvalue weighted by molar-refractivity contribution is 7.92. The number of rotatable bonds is 5. The van der Waals surface area contributed by atoms with Crippen molar-refractivity contribution in [3.8, 4) is 5.75 Å². The number of hydrogen-bond donors (Lipinski definition) is 0. The fourth-order valence-corrected chi connectivity index (χ4v) is 6.20. The molecule has 0 radical (unpaired) electrons. The molecule has 2 aliphatic rings. The molecule has 2 aliphatic heterocycles. The molecule has 2 bridgehead atoms. The van der Waals surface area contributed by atoms with Crippen molar-refractivity contribution in [3.63, 3.8) is 0 Å². The Morgan fingerprint density at radius 2 is 1.73 bits per heavy atom. The number of benzene rings is 1. The minimum atomic E-state index is -2.98. The quantitative estimate of drug-likeness (QED) is 0.836. The third-order valence-corrected chi connectivity index (χ3v) is 7.61. The lowest BCUT2D eigenvalue weighted by Crippen LogP contribution is -2.45. The van der Waals surface area contributed by atoms with Crippen molar-refractivity contribution in [1.29, 1.82) is 0 Å². The molecular weight excluding hydrogens is 300 g/mol. The topological polar surface area (TPSA) is 60.4 Å². The second-order valence-corrected chi connectivity index (χ2v) is 8.82. The van der Waals surface area contributed by atoms with Gasteiger partial charge in [-0.15, -0.1) is 0 Å². The molecule has 0 aromatic heterocycles. The van der Waals surface area contributed by atoms with E-state index in [-0.39, 0.29) is 22.2 Å². The fourth-order valence-electron chi connectivity index (χ4n) is 3.66. The van der Waals surface area contributed by atoms with E-state index in [9.17, 15) is 13.2 Å². The molecule has 1 aromatic rings. The van der Waals surface area contributed by atoms with Gasteiger partial charge in [0.05, 0.1) is 17.1 Å². The third-order valence-electron chi connectivity index (χ3n) is 4.89. The molecule has 4 nitrogen and oxygen atoms in total. The first-order valence-corrected chi connectivity index (χ1v) is 9.61. The molecule has 2 unspecified atom stereocenters. The minimum Gasteiger partial charge on any atom is -0.493 e. The van der Waals surface area contributed by atoms with E-state index >= 15 is 0 Å². The summed E-state index contributed by atoms with van der Waals surface area (Å²) in [5.74, 6) is 0.819.